The van der Waals surface area contributed by atoms with Crippen LogP contribution in [0.15, 0.2) is 35.6 Å². The van der Waals surface area contributed by atoms with Gasteiger partial charge in [-0.15, -0.1) is 0 Å². The zero-order valence-electron chi connectivity index (χ0n) is 10.8. The molecule has 0 aliphatic rings. The van der Waals surface area contributed by atoms with E-state index in [1.165, 1.54) is 42.2 Å². The van der Waals surface area contributed by atoms with E-state index >= 15 is 0 Å². The minimum atomic E-state index is -0.618. The highest BCUT2D eigenvalue weighted by Crippen LogP contribution is 2.22. The van der Waals surface area contributed by atoms with Crippen molar-refractivity contribution in [3.8, 4) is 0 Å². The third kappa shape index (κ3) is 3.00. The summed E-state index contributed by atoms with van der Waals surface area (Å²) in [6.07, 6.45) is 2.57. The van der Waals surface area contributed by atoms with Gasteiger partial charge in [-0.05, 0) is 11.0 Å². The second-order valence-electron chi connectivity index (χ2n) is 3.94. The molecule has 1 aromatic heterocycles. The van der Waals surface area contributed by atoms with Crippen LogP contribution in [0.3, 0.4) is 0 Å². The van der Waals surface area contributed by atoms with Crippen molar-refractivity contribution < 1.29 is 9.85 Å². The molecule has 0 saturated heterocycles. The van der Waals surface area contributed by atoms with Gasteiger partial charge < -0.3 is 10.1 Å². The van der Waals surface area contributed by atoms with Crippen molar-refractivity contribution in [3.05, 3.63) is 56.4 Å². The van der Waals surface area contributed by atoms with E-state index in [9.17, 15) is 20.2 Å². The molecular weight excluding hydrogens is 280 g/mol. The highest BCUT2D eigenvalue weighted by molar-refractivity contribution is 5.78. The van der Waals surface area contributed by atoms with Crippen molar-refractivity contribution >= 4 is 23.5 Å². The Bertz CT molecular complexity index is 723. The van der Waals surface area contributed by atoms with Crippen molar-refractivity contribution in [2.24, 2.45) is 12.1 Å². The van der Waals surface area contributed by atoms with E-state index in [0.717, 1.165) is 0 Å². The van der Waals surface area contributed by atoms with Crippen molar-refractivity contribution in [2.45, 2.75) is 0 Å². The molecular formula is C11H10N6O4. The van der Waals surface area contributed by atoms with Crippen LogP contribution >= 0.6 is 0 Å². The number of hydrogen-bond acceptors (Lipinski definition) is 7. The predicted octanol–water partition coefficient (Wildman–Crippen LogP) is 1.68. The van der Waals surface area contributed by atoms with E-state index in [4.69, 9.17) is 0 Å². The van der Waals surface area contributed by atoms with E-state index in [1.54, 1.807) is 6.07 Å². The third-order valence-electron chi connectivity index (χ3n) is 2.65. The number of nitro benzene ring substituents is 1. The molecule has 1 aromatic carbocycles. The quantitative estimate of drug-likeness (QED) is 0.506. The molecule has 2 aromatic rings. The fraction of sp³-hybridized carbons (Fsp3) is 0.0909. The minimum absolute atomic E-state index is 0.120. The van der Waals surface area contributed by atoms with E-state index in [2.05, 4.69) is 15.5 Å². The first-order valence-corrected chi connectivity index (χ1v) is 5.69. The van der Waals surface area contributed by atoms with Gasteiger partial charge in [-0.2, -0.15) is 5.10 Å². The van der Waals surface area contributed by atoms with Crippen LogP contribution in [0, 0.1) is 20.2 Å². The molecule has 0 bridgehead atoms. The highest BCUT2D eigenvalue weighted by Gasteiger charge is 2.16. The van der Waals surface area contributed by atoms with E-state index in [1.807, 2.05) is 0 Å². The maximum atomic E-state index is 10.8. The van der Waals surface area contributed by atoms with Gasteiger partial charge in [0.25, 0.3) is 5.69 Å². The Hall–Kier alpha value is -3.30. The molecule has 2 rings (SSSR count). The summed E-state index contributed by atoms with van der Waals surface area (Å²) in [5.74, 6) is -0.317. The molecule has 21 heavy (non-hydrogen) atoms. The van der Waals surface area contributed by atoms with Crippen LogP contribution in [0.4, 0.5) is 17.3 Å². The molecule has 10 nitrogen and oxygen atoms in total. The van der Waals surface area contributed by atoms with Gasteiger partial charge >= 0.3 is 5.95 Å². The summed E-state index contributed by atoms with van der Waals surface area (Å²) in [5.41, 5.74) is 3.01. The van der Waals surface area contributed by atoms with Gasteiger partial charge in [0, 0.05) is 6.07 Å². The Morgan fingerprint density at radius 1 is 1.29 bits per heavy atom. The first-order valence-electron chi connectivity index (χ1n) is 5.69. The molecule has 1 heterocycles. The summed E-state index contributed by atoms with van der Waals surface area (Å²) in [6, 6.07) is 6.01. The number of hydrazone groups is 1. The first kappa shape index (κ1) is 14.1. The van der Waals surface area contributed by atoms with Gasteiger partial charge in [-0.3, -0.25) is 15.5 Å². The molecule has 0 unspecified atom stereocenters. The van der Waals surface area contributed by atoms with Crippen molar-refractivity contribution in [3.63, 3.8) is 0 Å². The number of hydrogen-bond donors (Lipinski definition) is 1. The molecule has 0 fully saturated rings. The van der Waals surface area contributed by atoms with Gasteiger partial charge in [0.05, 0.1) is 18.2 Å². The lowest BCUT2D eigenvalue weighted by Gasteiger charge is -2.00. The molecule has 0 aliphatic heterocycles. The molecule has 0 saturated carbocycles. The summed E-state index contributed by atoms with van der Waals surface area (Å²) >= 11 is 0. The highest BCUT2D eigenvalue weighted by atomic mass is 16.6. The standard InChI is InChI=1S/C11H10N6O4/c1-15-8(6-12-11(15)17(20)21)7-13-14-9-4-2-3-5-10(9)16(18)19/h2-7,14H,1H3. The van der Waals surface area contributed by atoms with Crippen LogP contribution < -0.4 is 5.43 Å². The molecule has 0 radical (unpaired) electrons. The zero-order valence-corrected chi connectivity index (χ0v) is 10.8. The predicted molar refractivity (Wildman–Crippen MR) is 74.2 cm³/mol. The summed E-state index contributed by atoms with van der Waals surface area (Å²) in [7, 11) is 1.47. The van der Waals surface area contributed by atoms with E-state index < -0.39 is 9.85 Å². The normalized spacial score (nSPS) is 10.7. The smallest absolute Gasteiger partial charge is 0.390 e. The van der Waals surface area contributed by atoms with Crippen LogP contribution in [-0.4, -0.2) is 25.6 Å². The minimum Gasteiger partial charge on any atom is -0.390 e. The molecule has 1 N–H and O–H groups in total. The second kappa shape index (κ2) is 5.77. The number of nitrogens with one attached hydrogen (secondary N) is 1. The number of benzene rings is 1. The molecule has 0 spiro atoms. The lowest BCUT2D eigenvalue weighted by atomic mass is 10.3. The van der Waals surface area contributed by atoms with E-state index in [-0.39, 0.29) is 17.3 Å². The fourth-order valence-electron chi connectivity index (χ4n) is 1.60. The summed E-state index contributed by atoms with van der Waals surface area (Å²) in [4.78, 5) is 23.9. The largest absolute Gasteiger partial charge is 0.434 e. The lowest BCUT2D eigenvalue weighted by Crippen LogP contribution is -2.02. The van der Waals surface area contributed by atoms with Crippen LogP contribution in [0.25, 0.3) is 0 Å². The number of anilines is 1. The molecule has 108 valence electrons. The van der Waals surface area contributed by atoms with Gasteiger partial charge in [-0.1, -0.05) is 17.1 Å². The van der Waals surface area contributed by atoms with Gasteiger partial charge in [-0.25, -0.2) is 4.57 Å². The van der Waals surface area contributed by atoms with Crippen molar-refractivity contribution in [1.82, 2.24) is 9.55 Å². The second-order valence-corrected chi connectivity index (χ2v) is 3.94. The Morgan fingerprint density at radius 3 is 2.62 bits per heavy atom. The van der Waals surface area contributed by atoms with Crippen LogP contribution in [0.5, 0.6) is 0 Å². The fourth-order valence-corrected chi connectivity index (χ4v) is 1.60. The van der Waals surface area contributed by atoms with Gasteiger partial charge in [0.1, 0.15) is 11.9 Å². The molecule has 0 atom stereocenters. The SMILES string of the molecule is Cn1c(C=NNc2ccccc2[N+](=O)[O-])cnc1[N+](=O)[O-]. The first-order chi connectivity index (χ1) is 10.0. The number of nitro groups is 2. The van der Waals surface area contributed by atoms with Crippen LogP contribution in [-0.2, 0) is 7.05 Å². The Kier molecular flexibility index (Phi) is 3.88. The van der Waals surface area contributed by atoms with Crippen LogP contribution in [0.1, 0.15) is 5.69 Å². The van der Waals surface area contributed by atoms with Crippen LogP contribution in [0.2, 0.25) is 0 Å². The molecule has 0 amide bonds. The molecule has 10 heteroatoms. The lowest BCUT2D eigenvalue weighted by molar-refractivity contribution is -0.396. The zero-order chi connectivity index (χ0) is 15.4. The van der Waals surface area contributed by atoms with Crippen molar-refractivity contribution in [1.29, 1.82) is 0 Å². The number of nitrogens with zero attached hydrogens (tertiary/aromatic N) is 5. The van der Waals surface area contributed by atoms with Gasteiger partial charge in [0.2, 0.25) is 0 Å². The van der Waals surface area contributed by atoms with Crippen molar-refractivity contribution in [2.75, 3.05) is 5.43 Å². The average Bonchev–Trinajstić information content (AvgIpc) is 2.81. The maximum absolute atomic E-state index is 10.8. The average molecular weight is 290 g/mol. The molecule has 0 aliphatic carbocycles. The number of aromatic nitrogens is 2. The third-order valence-corrected chi connectivity index (χ3v) is 2.65. The number of imidazole rings is 1. The summed E-state index contributed by atoms with van der Waals surface area (Å²) < 4.78 is 1.24. The number of para-hydroxylation sites is 2. The number of rotatable bonds is 5. The van der Waals surface area contributed by atoms with E-state index in [0.29, 0.717) is 5.69 Å². The maximum Gasteiger partial charge on any atom is 0.434 e. The Balaban J connectivity index is 2.17. The summed E-state index contributed by atoms with van der Waals surface area (Å²) in [6.45, 7) is 0. The Morgan fingerprint density at radius 2 is 2.00 bits per heavy atom. The summed E-state index contributed by atoms with van der Waals surface area (Å²) in [5, 5.41) is 25.3. The topological polar surface area (TPSA) is 128 Å². The monoisotopic (exact) mass is 290 g/mol. The van der Waals surface area contributed by atoms with Gasteiger partial charge in [0.15, 0.2) is 5.69 Å². The Labute approximate surface area is 118 Å².